The highest BCUT2D eigenvalue weighted by Crippen LogP contribution is 2.58. The van der Waals surface area contributed by atoms with Crippen LogP contribution in [0.15, 0.2) is 35.0 Å². The zero-order chi connectivity index (χ0) is 20.6. The van der Waals surface area contributed by atoms with Gasteiger partial charge in [0.15, 0.2) is 0 Å². The number of hydrogen-bond donors (Lipinski definition) is 1. The van der Waals surface area contributed by atoms with Gasteiger partial charge in [0.1, 0.15) is 23.7 Å². The second-order valence-electron chi connectivity index (χ2n) is 9.24. The lowest BCUT2D eigenvalue weighted by Gasteiger charge is -2.20. The molecule has 2 aliphatic carbocycles. The summed E-state index contributed by atoms with van der Waals surface area (Å²) in [7, 11) is 0. The molecule has 1 amide bonds. The fourth-order valence-electron chi connectivity index (χ4n) is 5.02. The third-order valence-electron chi connectivity index (χ3n) is 7.03. The quantitative estimate of drug-likeness (QED) is 0.706. The van der Waals surface area contributed by atoms with E-state index in [2.05, 4.69) is 22.2 Å². The minimum absolute atomic E-state index is 0.0184. The van der Waals surface area contributed by atoms with Gasteiger partial charge in [0.05, 0.1) is 10.9 Å². The number of amides is 1. The molecule has 6 rings (SSSR count). The molecule has 2 atom stereocenters. The van der Waals surface area contributed by atoms with Gasteiger partial charge in [-0.3, -0.25) is 4.79 Å². The minimum atomic E-state index is -0.213. The molecule has 3 aliphatic rings. The standard InChI is InChI=1S/C23H23FN4O2/c1-12-17(19-20(27-23(2)7-8-23)25-11-26-21(19)30-12)22(29)28-9-15-16(10-28)18(15)13-3-5-14(24)6-4-13/h3-6,11,15-16,18H,7-10H2,1-2H3,(H,25,26,27). The lowest BCUT2D eigenvalue weighted by Crippen LogP contribution is -2.31. The molecule has 3 aromatic rings. The third-order valence-corrected chi connectivity index (χ3v) is 7.03. The highest BCUT2D eigenvalue weighted by atomic mass is 19.1. The van der Waals surface area contributed by atoms with Crippen molar-refractivity contribution >= 4 is 22.8 Å². The SMILES string of the molecule is Cc1oc2ncnc(NC3(C)CC3)c2c1C(=O)N1CC2C(C1)C2c1ccc(F)cc1. The van der Waals surface area contributed by atoms with Crippen molar-refractivity contribution in [3.8, 4) is 0 Å². The molecule has 0 bridgehead atoms. The van der Waals surface area contributed by atoms with E-state index in [1.165, 1.54) is 24.0 Å². The number of fused-ring (bicyclic) bond motifs is 2. The molecular weight excluding hydrogens is 383 g/mol. The number of anilines is 1. The van der Waals surface area contributed by atoms with Crippen LogP contribution in [0, 0.1) is 24.6 Å². The van der Waals surface area contributed by atoms with Crippen LogP contribution in [-0.2, 0) is 0 Å². The molecule has 1 aliphatic heterocycles. The van der Waals surface area contributed by atoms with Gasteiger partial charge in [0.2, 0.25) is 5.71 Å². The van der Waals surface area contributed by atoms with Crippen LogP contribution in [0.25, 0.3) is 11.1 Å². The summed E-state index contributed by atoms with van der Waals surface area (Å²) in [6.45, 7) is 5.40. The van der Waals surface area contributed by atoms with Crippen molar-refractivity contribution in [3.63, 3.8) is 0 Å². The van der Waals surface area contributed by atoms with Crippen LogP contribution in [0.3, 0.4) is 0 Å². The minimum Gasteiger partial charge on any atom is -0.442 e. The largest absolute Gasteiger partial charge is 0.442 e. The Labute approximate surface area is 173 Å². The van der Waals surface area contributed by atoms with Crippen LogP contribution in [-0.4, -0.2) is 39.4 Å². The Morgan fingerprint density at radius 3 is 2.57 bits per heavy atom. The second kappa shape index (κ2) is 6.03. The van der Waals surface area contributed by atoms with Gasteiger partial charge in [-0.2, -0.15) is 0 Å². The lowest BCUT2D eigenvalue weighted by atomic mass is 10.1. The number of hydrogen-bond acceptors (Lipinski definition) is 5. The van der Waals surface area contributed by atoms with Crippen molar-refractivity contribution < 1.29 is 13.6 Å². The van der Waals surface area contributed by atoms with Gasteiger partial charge in [-0.05, 0) is 62.1 Å². The van der Waals surface area contributed by atoms with Crippen molar-refractivity contribution in [3.05, 3.63) is 53.3 Å². The predicted octanol–water partition coefficient (Wildman–Crippen LogP) is 4.12. The van der Waals surface area contributed by atoms with Crippen molar-refractivity contribution in [2.75, 3.05) is 18.4 Å². The van der Waals surface area contributed by atoms with E-state index in [1.54, 1.807) is 0 Å². The van der Waals surface area contributed by atoms with Crippen LogP contribution in [0.2, 0.25) is 0 Å². The molecule has 1 aromatic carbocycles. The van der Waals surface area contributed by atoms with Crippen LogP contribution in [0.1, 0.15) is 47.4 Å². The van der Waals surface area contributed by atoms with E-state index < -0.39 is 0 Å². The molecule has 0 spiro atoms. The number of benzene rings is 1. The topological polar surface area (TPSA) is 71.3 Å². The molecule has 1 saturated heterocycles. The second-order valence-corrected chi connectivity index (χ2v) is 9.24. The third kappa shape index (κ3) is 2.71. The van der Waals surface area contributed by atoms with E-state index in [0.29, 0.717) is 59.1 Å². The maximum absolute atomic E-state index is 13.5. The Balaban J connectivity index is 1.26. The average Bonchev–Trinajstić information content (AvgIpc) is 3.50. The number of carbonyl (C=O) groups excluding carboxylic acids is 1. The Bertz CT molecular complexity index is 1160. The maximum Gasteiger partial charge on any atom is 0.258 e. The summed E-state index contributed by atoms with van der Waals surface area (Å²) in [5.74, 6) is 2.33. The number of nitrogens with one attached hydrogen (secondary N) is 1. The van der Waals surface area contributed by atoms with E-state index in [4.69, 9.17) is 4.42 Å². The maximum atomic E-state index is 13.5. The van der Waals surface area contributed by atoms with Gasteiger partial charge in [-0.25, -0.2) is 14.4 Å². The summed E-state index contributed by atoms with van der Waals surface area (Å²) < 4.78 is 19.0. The van der Waals surface area contributed by atoms with Gasteiger partial charge >= 0.3 is 0 Å². The van der Waals surface area contributed by atoms with Gasteiger partial charge in [-0.15, -0.1) is 0 Å². The normalized spacial score (nSPS) is 26.0. The van der Waals surface area contributed by atoms with E-state index >= 15 is 0 Å². The zero-order valence-electron chi connectivity index (χ0n) is 17.0. The highest BCUT2D eigenvalue weighted by Gasteiger charge is 2.57. The lowest BCUT2D eigenvalue weighted by molar-refractivity contribution is 0.0772. The molecule has 2 unspecified atom stereocenters. The van der Waals surface area contributed by atoms with Gasteiger partial charge < -0.3 is 14.6 Å². The number of nitrogens with zero attached hydrogens (tertiary/aromatic N) is 3. The van der Waals surface area contributed by atoms with Crippen molar-refractivity contribution in [1.82, 2.24) is 14.9 Å². The van der Waals surface area contributed by atoms with Crippen molar-refractivity contribution in [2.45, 2.75) is 38.1 Å². The monoisotopic (exact) mass is 406 g/mol. The summed E-state index contributed by atoms with van der Waals surface area (Å²) in [5, 5.41) is 4.16. The number of aryl methyl sites for hydroxylation is 1. The summed E-state index contributed by atoms with van der Waals surface area (Å²) in [6.07, 6.45) is 3.64. The first-order valence-corrected chi connectivity index (χ1v) is 10.5. The first-order valence-electron chi connectivity index (χ1n) is 10.5. The Kier molecular flexibility index (Phi) is 3.59. The van der Waals surface area contributed by atoms with E-state index in [9.17, 15) is 9.18 Å². The molecular formula is C23H23FN4O2. The smallest absolute Gasteiger partial charge is 0.258 e. The molecule has 3 fully saturated rings. The Morgan fingerprint density at radius 1 is 1.20 bits per heavy atom. The zero-order valence-corrected chi connectivity index (χ0v) is 17.0. The number of halogens is 1. The number of carbonyl (C=O) groups is 1. The fraction of sp³-hybridized carbons (Fsp3) is 0.435. The molecule has 3 heterocycles. The van der Waals surface area contributed by atoms with Gasteiger partial charge in [0.25, 0.3) is 5.91 Å². The summed E-state index contributed by atoms with van der Waals surface area (Å²) >= 11 is 0. The summed E-state index contributed by atoms with van der Waals surface area (Å²) in [6, 6.07) is 6.77. The van der Waals surface area contributed by atoms with E-state index in [0.717, 1.165) is 12.8 Å². The fourth-order valence-corrected chi connectivity index (χ4v) is 5.02. The molecule has 6 nitrogen and oxygen atoms in total. The van der Waals surface area contributed by atoms with Crippen molar-refractivity contribution in [1.29, 1.82) is 0 Å². The predicted molar refractivity (Wildman–Crippen MR) is 110 cm³/mol. The first kappa shape index (κ1) is 17.9. The Hall–Kier alpha value is -2.96. The molecule has 30 heavy (non-hydrogen) atoms. The van der Waals surface area contributed by atoms with Crippen molar-refractivity contribution in [2.24, 2.45) is 11.8 Å². The molecule has 154 valence electrons. The number of furan rings is 1. The molecule has 0 radical (unpaired) electrons. The van der Waals surface area contributed by atoms with Crippen LogP contribution in [0.5, 0.6) is 0 Å². The number of aromatic nitrogens is 2. The highest BCUT2D eigenvalue weighted by molar-refractivity contribution is 6.10. The van der Waals surface area contributed by atoms with Crippen LogP contribution >= 0.6 is 0 Å². The van der Waals surface area contributed by atoms with Gasteiger partial charge in [0, 0.05) is 18.6 Å². The number of piperidine rings is 1. The molecule has 7 heteroatoms. The molecule has 1 N–H and O–H groups in total. The molecule has 2 saturated carbocycles. The van der Waals surface area contributed by atoms with Crippen LogP contribution < -0.4 is 5.32 Å². The van der Waals surface area contributed by atoms with E-state index in [1.807, 2.05) is 24.0 Å². The Morgan fingerprint density at radius 2 is 1.90 bits per heavy atom. The number of rotatable bonds is 4. The summed E-state index contributed by atoms with van der Waals surface area (Å²) in [4.78, 5) is 24.0. The van der Waals surface area contributed by atoms with Gasteiger partial charge in [-0.1, -0.05) is 12.1 Å². The van der Waals surface area contributed by atoms with E-state index in [-0.39, 0.29) is 17.3 Å². The summed E-state index contributed by atoms with van der Waals surface area (Å²) in [5.41, 5.74) is 2.22. The molecule has 2 aromatic heterocycles. The first-order chi connectivity index (χ1) is 14.4. The average molecular weight is 406 g/mol. The van der Waals surface area contributed by atoms with Crippen LogP contribution in [0.4, 0.5) is 10.2 Å². The number of likely N-dealkylation sites (tertiary alicyclic amines) is 1.